The van der Waals surface area contributed by atoms with E-state index in [4.69, 9.17) is 10.5 Å². The Morgan fingerprint density at radius 3 is 3.22 bits per heavy atom. The summed E-state index contributed by atoms with van der Waals surface area (Å²) in [6.45, 7) is 2.48. The van der Waals surface area contributed by atoms with Crippen molar-refractivity contribution in [1.29, 1.82) is 0 Å². The van der Waals surface area contributed by atoms with E-state index in [0.29, 0.717) is 6.61 Å². The van der Waals surface area contributed by atoms with Gasteiger partial charge < -0.3 is 10.5 Å². The van der Waals surface area contributed by atoms with E-state index in [2.05, 4.69) is 11.0 Å². The van der Waals surface area contributed by atoms with Crippen molar-refractivity contribution in [2.75, 3.05) is 19.7 Å². The summed E-state index contributed by atoms with van der Waals surface area (Å²) in [5.41, 5.74) is 5.37. The van der Waals surface area contributed by atoms with Crippen molar-refractivity contribution < 1.29 is 9.53 Å². The van der Waals surface area contributed by atoms with Gasteiger partial charge in [-0.05, 0) is 44.0 Å². The van der Waals surface area contributed by atoms with Crippen molar-refractivity contribution in [1.82, 2.24) is 4.90 Å². The molecular formula is C14H19N2O2. The Labute approximate surface area is 108 Å². The number of carbonyl (C=O) groups excluding carboxylic acids is 1. The van der Waals surface area contributed by atoms with E-state index in [0.717, 1.165) is 38.1 Å². The molecule has 0 spiro atoms. The molecule has 1 aliphatic rings. The number of ether oxygens (including phenoxy) is 1. The molecule has 4 heteroatoms. The predicted molar refractivity (Wildman–Crippen MR) is 69.2 cm³/mol. The molecule has 0 bridgehead atoms. The van der Waals surface area contributed by atoms with Crippen LogP contribution in [0.15, 0.2) is 24.3 Å². The van der Waals surface area contributed by atoms with Gasteiger partial charge in [0.05, 0.1) is 12.6 Å². The van der Waals surface area contributed by atoms with Gasteiger partial charge in [0.25, 0.3) is 0 Å². The Kier molecular flexibility index (Phi) is 4.59. The quantitative estimate of drug-likeness (QED) is 0.769. The van der Waals surface area contributed by atoms with Gasteiger partial charge in [0.2, 0.25) is 5.91 Å². The molecule has 1 amide bonds. The topological polar surface area (TPSA) is 55.6 Å². The summed E-state index contributed by atoms with van der Waals surface area (Å²) < 4.78 is 5.59. The molecule has 1 heterocycles. The summed E-state index contributed by atoms with van der Waals surface area (Å²) in [4.78, 5) is 13.4. The minimum Gasteiger partial charge on any atom is -0.494 e. The van der Waals surface area contributed by atoms with E-state index in [1.807, 2.05) is 24.3 Å². The number of hydrogen-bond donors (Lipinski definition) is 1. The molecule has 1 aromatic carbocycles. The number of nitrogens with zero attached hydrogens (tertiary/aromatic N) is 1. The van der Waals surface area contributed by atoms with Crippen LogP contribution >= 0.6 is 0 Å². The summed E-state index contributed by atoms with van der Waals surface area (Å²) in [5, 5.41) is 0. The fraction of sp³-hybridized carbons (Fsp3) is 0.500. The second-order valence-corrected chi connectivity index (χ2v) is 4.54. The highest BCUT2D eigenvalue weighted by Gasteiger charge is 2.28. The monoisotopic (exact) mass is 247 g/mol. The normalized spacial score (nSPS) is 19.9. The number of carbonyl (C=O) groups is 1. The van der Waals surface area contributed by atoms with Crippen LogP contribution in [0.3, 0.4) is 0 Å². The van der Waals surface area contributed by atoms with Gasteiger partial charge in [-0.15, -0.1) is 0 Å². The zero-order valence-electron chi connectivity index (χ0n) is 10.5. The zero-order valence-corrected chi connectivity index (χ0v) is 10.5. The Morgan fingerprint density at radius 1 is 1.61 bits per heavy atom. The maximum Gasteiger partial charge on any atom is 0.234 e. The number of hydrogen-bond acceptors (Lipinski definition) is 3. The van der Waals surface area contributed by atoms with Gasteiger partial charge in [-0.1, -0.05) is 12.1 Å². The van der Waals surface area contributed by atoms with E-state index in [9.17, 15) is 4.79 Å². The van der Waals surface area contributed by atoms with Crippen molar-refractivity contribution in [3.63, 3.8) is 0 Å². The second-order valence-electron chi connectivity index (χ2n) is 4.54. The number of rotatable bonds is 6. The molecule has 1 radical (unpaired) electrons. The smallest absolute Gasteiger partial charge is 0.234 e. The molecule has 1 aliphatic heterocycles. The maximum atomic E-state index is 11.2. The minimum atomic E-state index is -0.203. The molecule has 2 N–H and O–H groups in total. The van der Waals surface area contributed by atoms with Crippen molar-refractivity contribution >= 4 is 5.91 Å². The van der Waals surface area contributed by atoms with Crippen LogP contribution in [0, 0.1) is 6.07 Å². The lowest BCUT2D eigenvalue weighted by molar-refractivity contribution is -0.122. The number of benzene rings is 1. The molecular weight excluding hydrogens is 228 g/mol. The third-order valence-corrected chi connectivity index (χ3v) is 3.23. The molecule has 1 unspecified atom stereocenters. The molecule has 1 aromatic rings. The molecule has 0 aliphatic carbocycles. The fourth-order valence-electron chi connectivity index (χ4n) is 2.34. The van der Waals surface area contributed by atoms with Gasteiger partial charge in [-0.3, -0.25) is 9.69 Å². The SMILES string of the molecule is NC(=O)C1CCCN1CCCOc1c[c]ccc1. The third kappa shape index (κ3) is 3.47. The fourth-order valence-corrected chi connectivity index (χ4v) is 2.34. The first-order chi connectivity index (χ1) is 8.77. The average molecular weight is 247 g/mol. The molecule has 1 fully saturated rings. The van der Waals surface area contributed by atoms with E-state index >= 15 is 0 Å². The Bertz CT molecular complexity index is 381. The van der Waals surface area contributed by atoms with Crippen molar-refractivity contribution in [2.45, 2.75) is 25.3 Å². The number of likely N-dealkylation sites (tertiary alicyclic amines) is 1. The Hall–Kier alpha value is -1.55. The number of nitrogens with two attached hydrogens (primary N) is 1. The van der Waals surface area contributed by atoms with E-state index in [-0.39, 0.29) is 11.9 Å². The Balaban J connectivity index is 1.68. The average Bonchev–Trinajstić information content (AvgIpc) is 2.84. The highest BCUT2D eigenvalue weighted by Crippen LogP contribution is 2.17. The molecule has 1 saturated heterocycles. The summed E-state index contributed by atoms with van der Waals surface area (Å²) in [5.74, 6) is 0.636. The molecule has 0 saturated carbocycles. The van der Waals surface area contributed by atoms with Gasteiger partial charge in [0.1, 0.15) is 5.75 Å². The van der Waals surface area contributed by atoms with E-state index < -0.39 is 0 Å². The predicted octanol–water partition coefficient (Wildman–Crippen LogP) is 1.21. The summed E-state index contributed by atoms with van der Waals surface area (Å²) >= 11 is 0. The van der Waals surface area contributed by atoms with E-state index in [1.165, 1.54) is 0 Å². The van der Waals surface area contributed by atoms with Crippen LogP contribution in [0.1, 0.15) is 19.3 Å². The molecule has 2 rings (SSSR count). The van der Waals surface area contributed by atoms with Crippen LogP contribution in [0.5, 0.6) is 5.75 Å². The molecule has 1 atom stereocenters. The summed E-state index contributed by atoms with van der Waals surface area (Å²) in [6, 6.07) is 10.4. The minimum absolute atomic E-state index is 0.0740. The summed E-state index contributed by atoms with van der Waals surface area (Å²) in [6.07, 6.45) is 2.85. The standard InChI is InChI=1S/C14H19N2O2/c15-14(17)13-8-4-9-16(13)10-5-11-18-12-6-2-1-3-7-12/h1-2,6-7,13H,4-5,8-11H2,(H2,15,17). The first kappa shape index (κ1) is 12.9. The lowest BCUT2D eigenvalue weighted by Gasteiger charge is -2.21. The highest BCUT2D eigenvalue weighted by molar-refractivity contribution is 5.80. The van der Waals surface area contributed by atoms with Crippen LogP contribution in [0.4, 0.5) is 0 Å². The third-order valence-electron chi connectivity index (χ3n) is 3.23. The van der Waals surface area contributed by atoms with Crippen molar-refractivity contribution in [3.05, 3.63) is 30.3 Å². The number of amides is 1. The van der Waals surface area contributed by atoms with Gasteiger partial charge in [0, 0.05) is 6.54 Å². The molecule has 97 valence electrons. The molecule has 0 aromatic heterocycles. The van der Waals surface area contributed by atoms with Gasteiger partial charge in [-0.2, -0.15) is 0 Å². The zero-order chi connectivity index (χ0) is 12.8. The van der Waals surface area contributed by atoms with Crippen LogP contribution in [-0.2, 0) is 4.79 Å². The summed E-state index contributed by atoms with van der Waals surface area (Å²) in [7, 11) is 0. The molecule has 4 nitrogen and oxygen atoms in total. The maximum absolute atomic E-state index is 11.2. The van der Waals surface area contributed by atoms with Crippen LogP contribution in [-0.4, -0.2) is 36.5 Å². The van der Waals surface area contributed by atoms with Crippen LogP contribution in [0.25, 0.3) is 0 Å². The van der Waals surface area contributed by atoms with Crippen LogP contribution < -0.4 is 10.5 Å². The first-order valence-corrected chi connectivity index (χ1v) is 6.39. The van der Waals surface area contributed by atoms with Crippen molar-refractivity contribution in [2.24, 2.45) is 5.73 Å². The van der Waals surface area contributed by atoms with E-state index in [1.54, 1.807) is 0 Å². The second kappa shape index (κ2) is 6.40. The first-order valence-electron chi connectivity index (χ1n) is 6.39. The lowest BCUT2D eigenvalue weighted by atomic mass is 10.2. The van der Waals surface area contributed by atoms with Crippen molar-refractivity contribution in [3.8, 4) is 5.75 Å². The highest BCUT2D eigenvalue weighted by atomic mass is 16.5. The number of primary amides is 1. The van der Waals surface area contributed by atoms with Gasteiger partial charge in [0.15, 0.2) is 0 Å². The van der Waals surface area contributed by atoms with Gasteiger partial charge in [-0.25, -0.2) is 0 Å². The Morgan fingerprint density at radius 2 is 2.50 bits per heavy atom. The van der Waals surface area contributed by atoms with Crippen LogP contribution in [0.2, 0.25) is 0 Å². The molecule has 18 heavy (non-hydrogen) atoms. The lowest BCUT2D eigenvalue weighted by Crippen LogP contribution is -2.40. The largest absolute Gasteiger partial charge is 0.494 e. The van der Waals surface area contributed by atoms with Gasteiger partial charge >= 0.3 is 0 Å².